The third-order valence-electron chi connectivity index (χ3n) is 1.81. The molecule has 0 spiro atoms. The van der Waals surface area contributed by atoms with Crippen molar-refractivity contribution in [2.24, 2.45) is 0 Å². The first-order chi connectivity index (χ1) is 5.24. The number of carbonyl (C=O) groups excluding carboxylic acids is 1. The fraction of sp³-hybridized carbons (Fsp3) is 0.714. The second-order valence-electron chi connectivity index (χ2n) is 2.65. The first kappa shape index (κ1) is 8.46. The van der Waals surface area contributed by atoms with Crippen molar-refractivity contribution in [1.29, 1.82) is 0 Å². The van der Waals surface area contributed by atoms with Gasteiger partial charge in [-0.3, -0.25) is 0 Å². The van der Waals surface area contributed by atoms with Crippen LogP contribution in [-0.2, 0) is 9.53 Å². The molecule has 1 aliphatic rings. The van der Waals surface area contributed by atoms with Crippen LogP contribution in [-0.4, -0.2) is 49.9 Å². The van der Waals surface area contributed by atoms with E-state index < -0.39 is 0 Å². The zero-order chi connectivity index (χ0) is 8.27. The van der Waals surface area contributed by atoms with Crippen LogP contribution in [0.5, 0.6) is 0 Å². The van der Waals surface area contributed by atoms with Crippen LogP contribution in [0, 0.1) is 0 Å². The van der Waals surface area contributed by atoms with Crippen LogP contribution in [0.15, 0.2) is 0 Å². The summed E-state index contributed by atoms with van der Waals surface area (Å²) in [6, 6.07) is 0. The topological polar surface area (TPSA) is 29.5 Å². The van der Waals surface area contributed by atoms with Gasteiger partial charge in [-0.25, -0.2) is 0 Å². The molecule has 1 heterocycles. The molecule has 1 fully saturated rings. The van der Waals surface area contributed by atoms with Gasteiger partial charge in [-0.2, -0.15) is 0 Å². The van der Waals surface area contributed by atoms with Gasteiger partial charge in [0.25, 0.3) is 0 Å². The molecule has 1 atom stereocenters. The molecule has 1 unspecified atom stereocenters. The summed E-state index contributed by atoms with van der Waals surface area (Å²) in [5.74, 6) is 0.0940. The third kappa shape index (κ3) is 2.15. The molecule has 4 heteroatoms. The number of ether oxygens (including phenoxy) is 1. The Morgan fingerprint density at radius 2 is 2.55 bits per heavy atom. The van der Waals surface area contributed by atoms with Gasteiger partial charge in [-0.05, 0) is 0 Å². The number of Topliss-reactive ketones (excluding diaryl/α,β-unsaturated/α-hetero) is 1. The SMILES string of the molecule is C=BN1CCOC(C(C)=O)C1. The van der Waals surface area contributed by atoms with Crippen molar-refractivity contribution >= 4 is 19.3 Å². The Morgan fingerprint density at radius 1 is 1.82 bits per heavy atom. The van der Waals surface area contributed by atoms with E-state index in [9.17, 15) is 4.79 Å². The van der Waals surface area contributed by atoms with Crippen LogP contribution in [0.3, 0.4) is 0 Å². The summed E-state index contributed by atoms with van der Waals surface area (Å²) in [6.07, 6.45) is -0.248. The van der Waals surface area contributed by atoms with Crippen molar-refractivity contribution in [3.05, 3.63) is 0 Å². The molecular formula is C7H12BNO2. The number of nitrogens with zero attached hydrogens (tertiary/aromatic N) is 1. The molecule has 1 aliphatic heterocycles. The summed E-state index contributed by atoms with van der Waals surface area (Å²) in [5.41, 5.74) is 0. The summed E-state index contributed by atoms with van der Waals surface area (Å²) in [6.45, 7) is 7.30. The quantitative estimate of drug-likeness (QED) is 0.492. The summed E-state index contributed by atoms with van der Waals surface area (Å²) >= 11 is 0. The number of morpholine rings is 1. The molecule has 0 radical (unpaired) electrons. The van der Waals surface area contributed by atoms with E-state index in [1.54, 1.807) is 14.0 Å². The van der Waals surface area contributed by atoms with Crippen LogP contribution in [0.4, 0.5) is 0 Å². The van der Waals surface area contributed by atoms with E-state index in [1.165, 1.54) is 0 Å². The maximum absolute atomic E-state index is 10.9. The Labute approximate surface area is 67.3 Å². The van der Waals surface area contributed by atoms with Crippen molar-refractivity contribution in [2.75, 3.05) is 19.7 Å². The molecule has 60 valence electrons. The summed E-state index contributed by atoms with van der Waals surface area (Å²) in [7, 11) is 1.75. The minimum atomic E-state index is -0.248. The molecule has 3 nitrogen and oxygen atoms in total. The van der Waals surface area contributed by atoms with E-state index in [-0.39, 0.29) is 11.9 Å². The van der Waals surface area contributed by atoms with Crippen molar-refractivity contribution in [3.63, 3.8) is 0 Å². The first-order valence-corrected chi connectivity index (χ1v) is 3.72. The zero-order valence-electron chi connectivity index (χ0n) is 6.75. The van der Waals surface area contributed by atoms with Crippen LogP contribution in [0.2, 0.25) is 0 Å². The molecule has 0 N–H and O–H groups in total. The van der Waals surface area contributed by atoms with Gasteiger partial charge >= 0.3 is 66.4 Å². The fourth-order valence-corrected chi connectivity index (χ4v) is 1.08. The van der Waals surface area contributed by atoms with E-state index in [1.807, 2.05) is 4.81 Å². The second-order valence-corrected chi connectivity index (χ2v) is 2.65. The molecule has 1 saturated heterocycles. The normalized spacial score (nSPS) is 24.5. The Balaban J connectivity index is 2.45. The Morgan fingerprint density at radius 3 is 3.09 bits per heavy atom. The van der Waals surface area contributed by atoms with Gasteiger partial charge in [-0.1, -0.05) is 0 Å². The van der Waals surface area contributed by atoms with E-state index >= 15 is 0 Å². The average Bonchev–Trinajstić information content (AvgIpc) is 2.05. The molecule has 11 heavy (non-hydrogen) atoms. The fourth-order valence-electron chi connectivity index (χ4n) is 1.08. The Bertz CT molecular complexity index is 172. The van der Waals surface area contributed by atoms with Gasteiger partial charge in [0.05, 0.1) is 0 Å². The number of ketones is 1. The molecule has 0 aromatic heterocycles. The van der Waals surface area contributed by atoms with E-state index in [2.05, 4.69) is 6.47 Å². The van der Waals surface area contributed by atoms with Gasteiger partial charge in [0, 0.05) is 0 Å². The first-order valence-electron chi connectivity index (χ1n) is 3.72. The van der Waals surface area contributed by atoms with Crippen molar-refractivity contribution in [1.82, 2.24) is 4.81 Å². The summed E-state index contributed by atoms with van der Waals surface area (Å²) in [4.78, 5) is 12.9. The molecular weight excluding hydrogens is 141 g/mol. The standard InChI is InChI=1S/C7H12BNO2/c1-6(10)7-5-9(8-2)3-4-11-7/h7H,2-5H2,1H3. The molecule has 0 bridgehead atoms. The van der Waals surface area contributed by atoms with Gasteiger partial charge in [-0.15, -0.1) is 0 Å². The van der Waals surface area contributed by atoms with Crippen molar-refractivity contribution in [3.8, 4) is 0 Å². The van der Waals surface area contributed by atoms with Crippen LogP contribution in [0.1, 0.15) is 6.92 Å². The molecule has 0 aromatic rings. The maximum atomic E-state index is 10.9. The van der Waals surface area contributed by atoms with E-state index in [0.29, 0.717) is 13.2 Å². The van der Waals surface area contributed by atoms with Crippen LogP contribution >= 0.6 is 0 Å². The van der Waals surface area contributed by atoms with E-state index in [0.717, 1.165) is 6.54 Å². The predicted molar refractivity (Wildman–Crippen MR) is 44.9 cm³/mol. The number of rotatable bonds is 2. The summed E-state index contributed by atoms with van der Waals surface area (Å²) in [5, 5.41) is 0. The van der Waals surface area contributed by atoms with Crippen LogP contribution in [0.25, 0.3) is 0 Å². The molecule has 0 aliphatic carbocycles. The predicted octanol–water partition coefficient (Wildman–Crippen LogP) is -0.673. The van der Waals surface area contributed by atoms with Crippen molar-refractivity contribution in [2.45, 2.75) is 13.0 Å². The minimum absolute atomic E-state index is 0.0940. The molecule has 0 saturated carbocycles. The molecule has 0 amide bonds. The Kier molecular flexibility index (Phi) is 2.82. The second kappa shape index (κ2) is 3.67. The number of carbonyl (C=O) groups is 1. The van der Waals surface area contributed by atoms with Gasteiger partial charge < -0.3 is 0 Å². The van der Waals surface area contributed by atoms with Gasteiger partial charge in [0.1, 0.15) is 0 Å². The third-order valence-corrected chi connectivity index (χ3v) is 1.81. The number of hydrogen-bond donors (Lipinski definition) is 0. The van der Waals surface area contributed by atoms with Crippen LogP contribution < -0.4 is 0 Å². The number of hydrogen-bond acceptors (Lipinski definition) is 3. The molecule has 1 rings (SSSR count). The molecule has 0 aromatic carbocycles. The Hall–Kier alpha value is -0.635. The van der Waals surface area contributed by atoms with Gasteiger partial charge in [0.2, 0.25) is 0 Å². The summed E-state index contributed by atoms with van der Waals surface area (Å²) < 4.78 is 5.23. The monoisotopic (exact) mass is 153 g/mol. The van der Waals surface area contributed by atoms with E-state index in [4.69, 9.17) is 4.74 Å². The van der Waals surface area contributed by atoms with Crippen molar-refractivity contribution < 1.29 is 9.53 Å². The zero-order valence-corrected chi connectivity index (χ0v) is 6.75. The van der Waals surface area contributed by atoms with Gasteiger partial charge in [0.15, 0.2) is 0 Å². The average molecular weight is 153 g/mol.